The number of methoxy groups -OCH3 is 3. The van der Waals surface area contributed by atoms with Gasteiger partial charge in [0.2, 0.25) is 0 Å². The van der Waals surface area contributed by atoms with Crippen LogP contribution in [0.4, 0.5) is 0 Å². The van der Waals surface area contributed by atoms with Crippen LogP contribution in [0.15, 0.2) is 12.1 Å². The number of aliphatic hydroxyl groups is 1. The first-order chi connectivity index (χ1) is 8.12. The fraction of sp³-hybridized carbons (Fsp3) is 0.538. The molecule has 0 aliphatic carbocycles. The van der Waals surface area contributed by atoms with Gasteiger partial charge in [-0.1, -0.05) is 0 Å². The summed E-state index contributed by atoms with van der Waals surface area (Å²) < 4.78 is 15.7. The molecule has 1 unspecified atom stereocenters. The molecule has 17 heavy (non-hydrogen) atoms. The van der Waals surface area contributed by atoms with Crippen molar-refractivity contribution in [2.45, 2.75) is 26.1 Å². The second-order valence-electron chi connectivity index (χ2n) is 3.98. The average molecular weight is 240 g/mol. The number of rotatable bonds is 6. The summed E-state index contributed by atoms with van der Waals surface area (Å²) in [6, 6.07) is 3.85. The molecule has 1 N–H and O–H groups in total. The molecule has 0 saturated heterocycles. The first-order valence-corrected chi connectivity index (χ1v) is 5.53. The van der Waals surface area contributed by atoms with Gasteiger partial charge in [0.25, 0.3) is 0 Å². The summed E-state index contributed by atoms with van der Waals surface area (Å²) in [5.41, 5.74) is 1.93. The molecule has 1 atom stereocenters. The van der Waals surface area contributed by atoms with Gasteiger partial charge in [0.05, 0.1) is 26.9 Å². The fourth-order valence-electron chi connectivity index (χ4n) is 1.83. The Hall–Kier alpha value is -1.26. The highest BCUT2D eigenvalue weighted by Crippen LogP contribution is 2.33. The van der Waals surface area contributed by atoms with Crippen molar-refractivity contribution in [1.82, 2.24) is 0 Å². The summed E-state index contributed by atoms with van der Waals surface area (Å²) in [6.07, 6.45) is 0.195. The minimum Gasteiger partial charge on any atom is -0.493 e. The van der Waals surface area contributed by atoms with Crippen LogP contribution >= 0.6 is 0 Å². The van der Waals surface area contributed by atoms with Crippen LogP contribution in [0.3, 0.4) is 0 Å². The van der Waals surface area contributed by atoms with Crippen LogP contribution in [0, 0.1) is 0 Å². The number of hydrogen-bond acceptors (Lipinski definition) is 4. The van der Waals surface area contributed by atoms with Crippen molar-refractivity contribution in [2.75, 3.05) is 21.3 Å². The summed E-state index contributed by atoms with van der Waals surface area (Å²) in [4.78, 5) is 0. The summed E-state index contributed by atoms with van der Waals surface area (Å²) in [6.45, 7) is 2.21. The van der Waals surface area contributed by atoms with Crippen molar-refractivity contribution in [3.8, 4) is 11.5 Å². The predicted octanol–water partition coefficient (Wildman–Crippen LogP) is 1.77. The number of aliphatic hydroxyl groups excluding tert-OH is 1. The molecule has 1 aromatic carbocycles. The minimum atomic E-state index is -0.386. The highest BCUT2D eigenvalue weighted by molar-refractivity contribution is 5.49. The van der Waals surface area contributed by atoms with Crippen molar-refractivity contribution >= 4 is 0 Å². The van der Waals surface area contributed by atoms with Crippen LogP contribution < -0.4 is 9.47 Å². The molecule has 0 fully saturated rings. The Morgan fingerprint density at radius 1 is 1.18 bits per heavy atom. The van der Waals surface area contributed by atoms with Crippen molar-refractivity contribution in [2.24, 2.45) is 0 Å². The Morgan fingerprint density at radius 3 is 2.35 bits per heavy atom. The molecule has 0 heterocycles. The average Bonchev–Trinajstić information content (AvgIpc) is 2.28. The molecule has 96 valence electrons. The van der Waals surface area contributed by atoms with E-state index in [1.165, 1.54) is 0 Å². The fourth-order valence-corrected chi connectivity index (χ4v) is 1.83. The Labute approximate surface area is 102 Å². The zero-order chi connectivity index (χ0) is 12.8. The number of benzene rings is 1. The maximum absolute atomic E-state index is 9.41. The largest absolute Gasteiger partial charge is 0.493 e. The molecule has 4 heteroatoms. The smallest absolute Gasteiger partial charge is 0.166 e. The van der Waals surface area contributed by atoms with E-state index < -0.39 is 0 Å². The molecule has 0 spiro atoms. The maximum atomic E-state index is 9.41. The van der Waals surface area contributed by atoms with Crippen molar-refractivity contribution in [3.63, 3.8) is 0 Å². The van der Waals surface area contributed by atoms with E-state index >= 15 is 0 Å². The van der Waals surface area contributed by atoms with Gasteiger partial charge in [-0.05, 0) is 31.0 Å². The molecule has 1 aromatic rings. The van der Waals surface area contributed by atoms with Gasteiger partial charge >= 0.3 is 0 Å². The molecule has 0 aromatic heterocycles. The molecular formula is C13H20O4. The standard InChI is InChI=1S/C13H20O4/c1-9(14)5-10-6-11(8-15-2)13(17-4)12(7-10)16-3/h6-7,9,14H,5,8H2,1-4H3. The first kappa shape index (κ1) is 13.8. The summed E-state index contributed by atoms with van der Waals surface area (Å²) in [7, 11) is 4.83. The lowest BCUT2D eigenvalue weighted by atomic mass is 10.0. The molecule has 0 aliphatic heterocycles. The number of hydrogen-bond donors (Lipinski definition) is 1. The van der Waals surface area contributed by atoms with Crippen LogP contribution in [0.25, 0.3) is 0 Å². The quantitative estimate of drug-likeness (QED) is 0.823. The predicted molar refractivity (Wildman–Crippen MR) is 65.6 cm³/mol. The van der Waals surface area contributed by atoms with Crippen LogP contribution in [-0.2, 0) is 17.8 Å². The Morgan fingerprint density at radius 2 is 1.88 bits per heavy atom. The van der Waals surface area contributed by atoms with Gasteiger partial charge in [0.15, 0.2) is 11.5 Å². The molecule has 0 saturated carbocycles. The van der Waals surface area contributed by atoms with Gasteiger partial charge in [0, 0.05) is 12.7 Å². The van der Waals surface area contributed by atoms with Gasteiger partial charge in [-0.25, -0.2) is 0 Å². The molecule has 0 aliphatic rings. The van der Waals surface area contributed by atoms with E-state index in [9.17, 15) is 5.11 Å². The molecule has 1 rings (SSSR count). The van der Waals surface area contributed by atoms with E-state index in [1.54, 1.807) is 28.3 Å². The van der Waals surface area contributed by atoms with Crippen LogP contribution in [-0.4, -0.2) is 32.5 Å². The van der Waals surface area contributed by atoms with E-state index in [1.807, 2.05) is 12.1 Å². The van der Waals surface area contributed by atoms with E-state index in [4.69, 9.17) is 14.2 Å². The molecule has 0 amide bonds. The second kappa shape index (κ2) is 6.47. The van der Waals surface area contributed by atoms with Crippen LogP contribution in [0.5, 0.6) is 11.5 Å². The monoisotopic (exact) mass is 240 g/mol. The first-order valence-electron chi connectivity index (χ1n) is 5.53. The van der Waals surface area contributed by atoms with Crippen molar-refractivity contribution in [3.05, 3.63) is 23.3 Å². The Kier molecular flexibility index (Phi) is 5.25. The van der Waals surface area contributed by atoms with Crippen molar-refractivity contribution < 1.29 is 19.3 Å². The summed E-state index contributed by atoms with van der Waals surface area (Å²) >= 11 is 0. The maximum Gasteiger partial charge on any atom is 0.166 e. The highest BCUT2D eigenvalue weighted by Gasteiger charge is 2.13. The molecule has 0 radical (unpaired) electrons. The molecule has 4 nitrogen and oxygen atoms in total. The topological polar surface area (TPSA) is 47.9 Å². The minimum absolute atomic E-state index is 0.386. The third-order valence-electron chi connectivity index (χ3n) is 2.45. The zero-order valence-corrected chi connectivity index (χ0v) is 10.8. The van der Waals surface area contributed by atoms with Gasteiger partial charge in [-0.15, -0.1) is 0 Å². The second-order valence-corrected chi connectivity index (χ2v) is 3.98. The van der Waals surface area contributed by atoms with Crippen molar-refractivity contribution in [1.29, 1.82) is 0 Å². The lowest BCUT2D eigenvalue weighted by molar-refractivity contribution is 0.180. The van der Waals surface area contributed by atoms with Gasteiger partial charge in [-0.3, -0.25) is 0 Å². The third-order valence-corrected chi connectivity index (χ3v) is 2.45. The van der Waals surface area contributed by atoms with Crippen LogP contribution in [0.2, 0.25) is 0 Å². The molecular weight excluding hydrogens is 220 g/mol. The SMILES string of the molecule is COCc1cc(CC(C)O)cc(OC)c1OC. The van der Waals surface area contributed by atoms with E-state index in [2.05, 4.69) is 0 Å². The number of ether oxygens (including phenoxy) is 3. The van der Waals surface area contributed by atoms with E-state index in [0.29, 0.717) is 24.5 Å². The lowest BCUT2D eigenvalue weighted by Gasteiger charge is -2.15. The van der Waals surface area contributed by atoms with Crippen LogP contribution in [0.1, 0.15) is 18.1 Å². The van der Waals surface area contributed by atoms with Gasteiger partial charge in [0.1, 0.15) is 0 Å². The van der Waals surface area contributed by atoms with E-state index in [0.717, 1.165) is 11.1 Å². The van der Waals surface area contributed by atoms with Gasteiger partial charge in [-0.2, -0.15) is 0 Å². The highest BCUT2D eigenvalue weighted by atomic mass is 16.5. The molecule has 0 bridgehead atoms. The Bertz CT molecular complexity index is 361. The zero-order valence-electron chi connectivity index (χ0n) is 10.8. The van der Waals surface area contributed by atoms with Gasteiger partial charge < -0.3 is 19.3 Å². The Balaban J connectivity index is 3.14. The van der Waals surface area contributed by atoms with E-state index in [-0.39, 0.29) is 6.10 Å². The summed E-state index contributed by atoms with van der Waals surface area (Å²) in [5, 5.41) is 9.41. The summed E-state index contributed by atoms with van der Waals surface area (Å²) in [5.74, 6) is 1.35. The third kappa shape index (κ3) is 3.61. The lowest BCUT2D eigenvalue weighted by Crippen LogP contribution is -2.06. The normalized spacial score (nSPS) is 12.3.